The molecular weight excluding hydrogens is 340 g/mol. The summed E-state index contributed by atoms with van der Waals surface area (Å²) in [7, 11) is 0. The molecule has 1 aromatic carbocycles. The zero-order valence-electron chi connectivity index (χ0n) is 11.2. The van der Waals surface area contributed by atoms with Gasteiger partial charge in [-0.15, -0.1) is 0 Å². The van der Waals surface area contributed by atoms with E-state index in [1.807, 2.05) is 0 Å². The van der Waals surface area contributed by atoms with Crippen molar-refractivity contribution in [3.05, 3.63) is 34.3 Å². The number of nitrogens with zero attached hydrogens (tertiary/aromatic N) is 1. The minimum Gasteiger partial charge on any atom is -0.480 e. The fraction of sp³-hybridized carbons (Fsp3) is 0.357. The molecule has 1 saturated heterocycles. The van der Waals surface area contributed by atoms with E-state index in [0.29, 0.717) is 24.9 Å². The fourth-order valence-corrected chi connectivity index (χ4v) is 2.55. The summed E-state index contributed by atoms with van der Waals surface area (Å²) in [6, 6.07) is 5.97. The van der Waals surface area contributed by atoms with E-state index in [-0.39, 0.29) is 18.4 Å². The molecule has 6 nitrogen and oxygen atoms in total. The average Bonchev–Trinajstić information content (AvgIpc) is 2.95. The molecule has 1 fully saturated rings. The topological polar surface area (TPSA) is 86.7 Å². The Kier molecular flexibility index (Phi) is 4.95. The zero-order valence-corrected chi connectivity index (χ0v) is 12.8. The smallest absolute Gasteiger partial charge is 0.326 e. The Morgan fingerprint density at radius 3 is 2.57 bits per heavy atom. The second-order valence-corrected chi connectivity index (χ2v) is 5.69. The van der Waals surface area contributed by atoms with Gasteiger partial charge in [-0.1, -0.05) is 15.9 Å². The van der Waals surface area contributed by atoms with Crippen LogP contribution in [-0.2, 0) is 9.59 Å². The number of carbonyl (C=O) groups excluding carboxylic acids is 2. The molecule has 0 saturated carbocycles. The van der Waals surface area contributed by atoms with Gasteiger partial charge in [0.25, 0.3) is 5.91 Å². The monoisotopic (exact) mass is 354 g/mol. The molecule has 1 atom stereocenters. The molecule has 2 amide bonds. The van der Waals surface area contributed by atoms with Gasteiger partial charge < -0.3 is 15.3 Å². The van der Waals surface area contributed by atoms with Crippen LogP contribution in [0.15, 0.2) is 28.7 Å². The summed E-state index contributed by atoms with van der Waals surface area (Å²) in [4.78, 5) is 36.2. The molecule has 1 heterocycles. The Morgan fingerprint density at radius 2 is 1.95 bits per heavy atom. The minimum absolute atomic E-state index is 0.196. The van der Waals surface area contributed by atoms with Crippen LogP contribution in [0.2, 0.25) is 0 Å². The van der Waals surface area contributed by atoms with Gasteiger partial charge in [0, 0.05) is 16.6 Å². The molecule has 112 valence electrons. The van der Waals surface area contributed by atoms with Gasteiger partial charge in [0.15, 0.2) is 0 Å². The molecule has 0 aliphatic carbocycles. The molecule has 0 radical (unpaired) electrons. The van der Waals surface area contributed by atoms with Crippen molar-refractivity contribution in [1.82, 2.24) is 10.2 Å². The third-order valence-corrected chi connectivity index (χ3v) is 3.89. The van der Waals surface area contributed by atoms with Crippen LogP contribution in [0.1, 0.15) is 23.2 Å². The van der Waals surface area contributed by atoms with E-state index in [0.717, 1.165) is 4.47 Å². The van der Waals surface area contributed by atoms with Gasteiger partial charge in [0.05, 0.1) is 6.54 Å². The van der Waals surface area contributed by atoms with Gasteiger partial charge in [-0.3, -0.25) is 9.59 Å². The van der Waals surface area contributed by atoms with Crippen LogP contribution in [-0.4, -0.2) is 46.9 Å². The Bertz CT molecular complexity index is 559. The van der Waals surface area contributed by atoms with Gasteiger partial charge in [-0.2, -0.15) is 0 Å². The first kappa shape index (κ1) is 15.5. The third kappa shape index (κ3) is 3.81. The summed E-state index contributed by atoms with van der Waals surface area (Å²) in [6.07, 6.45) is 1.13. The van der Waals surface area contributed by atoms with Crippen molar-refractivity contribution in [2.75, 3.05) is 13.1 Å². The summed E-state index contributed by atoms with van der Waals surface area (Å²) in [5, 5.41) is 11.5. The van der Waals surface area contributed by atoms with E-state index in [2.05, 4.69) is 21.2 Å². The maximum Gasteiger partial charge on any atom is 0.326 e. The number of halogens is 1. The maximum atomic E-state index is 12.0. The Hall–Kier alpha value is -1.89. The number of carboxylic acids is 1. The van der Waals surface area contributed by atoms with Crippen molar-refractivity contribution in [3.8, 4) is 0 Å². The van der Waals surface area contributed by atoms with Crippen LogP contribution in [0.5, 0.6) is 0 Å². The molecule has 0 bridgehead atoms. The van der Waals surface area contributed by atoms with E-state index in [1.54, 1.807) is 24.3 Å². The largest absolute Gasteiger partial charge is 0.480 e. The number of hydrogen-bond donors (Lipinski definition) is 2. The van der Waals surface area contributed by atoms with Crippen LogP contribution in [0.3, 0.4) is 0 Å². The lowest BCUT2D eigenvalue weighted by molar-refractivity contribution is -0.147. The predicted molar refractivity (Wildman–Crippen MR) is 78.8 cm³/mol. The molecule has 1 unspecified atom stereocenters. The van der Waals surface area contributed by atoms with Crippen molar-refractivity contribution in [2.45, 2.75) is 18.9 Å². The number of aliphatic carboxylic acids is 1. The van der Waals surface area contributed by atoms with Crippen molar-refractivity contribution in [2.24, 2.45) is 0 Å². The van der Waals surface area contributed by atoms with Gasteiger partial charge in [-0.25, -0.2) is 4.79 Å². The lowest BCUT2D eigenvalue weighted by Gasteiger charge is -2.21. The van der Waals surface area contributed by atoms with Crippen LogP contribution >= 0.6 is 15.9 Å². The summed E-state index contributed by atoms with van der Waals surface area (Å²) >= 11 is 3.27. The molecule has 0 spiro atoms. The molecule has 1 aromatic rings. The number of carboxylic acid groups (broad SMARTS) is 1. The minimum atomic E-state index is -1.000. The van der Waals surface area contributed by atoms with Gasteiger partial charge in [-0.05, 0) is 37.1 Å². The fourth-order valence-electron chi connectivity index (χ4n) is 2.28. The summed E-state index contributed by atoms with van der Waals surface area (Å²) in [5.41, 5.74) is 0.446. The molecule has 1 aliphatic heterocycles. The molecule has 0 aromatic heterocycles. The maximum absolute atomic E-state index is 12.0. The predicted octanol–water partition coefficient (Wildman–Crippen LogP) is 1.25. The molecular formula is C14H15BrN2O4. The first-order chi connectivity index (χ1) is 9.99. The summed E-state index contributed by atoms with van der Waals surface area (Å²) in [6.45, 7) is 0.225. The zero-order chi connectivity index (χ0) is 15.4. The lowest BCUT2D eigenvalue weighted by atomic mass is 10.2. The number of carbonyl (C=O) groups is 3. The standard InChI is InChI=1S/C14H15BrN2O4/c15-10-5-3-9(4-6-10)13(19)16-8-12(18)17-7-1-2-11(17)14(20)21/h3-6,11H,1-2,7-8H2,(H,16,19)(H,20,21). The van der Waals surface area contributed by atoms with Crippen LogP contribution in [0.25, 0.3) is 0 Å². The second-order valence-electron chi connectivity index (χ2n) is 4.77. The normalized spacial score (nSPS) is 17.6. The summed E-state index contributed by atoms with van der Waals surface area (Å²) in [5.74, 6) is -1.73. The van der Waals surface area contributed by atoms with E-state index in [9.17, 15) is 14.4 Å². The highest BCUT2D eigenvalue weighted by molar-refractivity contribution is 9.10. The second kappa shape index (κ2) is 6.71. The van der Waals surface area contributed by atoms with E-state index < -0.39 is 12.0 Å². The molecule has 7 heteroatoms. The van der Waals surface area contributed by atoms with Gasteiger partial charge in [0.2, 0.25) is 5.91 Å². The van der Waals surface area contributed by atoms with Crippen molar-refractivity contribution >= 4 is 33.7 Å². The van der Waals surface area contributed by atoms with Gasteiger partial charge in [0.1, 0.15) is 6.04 Å². The Morgan fingerprint density at radius 1 is 1.29 bits per heavy atom. The molecule has 1 aliphatic rings. The van der Waals surface area contributed by atoms with Crippen LogP contribution in [0, 0.1) is 0 Å². The third-order valence-electron chi connectivity index (χ3n) is 3.36. The average molecular weight is 355 g/mol. The Labute approximate surface area is 130 Å². The van der Waals surface area contributed by atoms with E-state index >= 15 is 0 Å². The van der Waals surface area contributed by atoms with E-state index in [1.165, 1.54) is 4.90 Å². The molecule has 2 rings (SSSR count). The highest BCUT2D eigenvalue weighted by Gasteiger charge is 2.33. The lowest BCUT2D eigenvalue weighted by Crippen LogP contribution is -2.45. The van der Waals surface area contributed by atoms with Crippen LogP contribution < -0.4 is 5.32 Å². The molecule has 2 N–H and O–H groups in total. The highest BCUT2D eigenvalue weighted by Crippen LogP contribution is 2.17. The number of benzene rings is 1. The summed E-state index contributed by atoms with van der Waals surface area (Å²) < 4.78 is 0.858. The van der Waals surface area contributed by atoms with Crippen molar-refractivity contribution in [3.63, 3.8) is 0 Å². The number of amides is 2. The SMILES string of the molecule is O=C(NCC(=O)N1CCCC1C(=O)O)c1ccc(Br)cc1. The number of likely N-dealkylation sites (tertiary alicyclic amines) is 1. The quantitative estimate of drug-likeness (QED) is 0.851. The Balaban J connectivity index is 1.90. The van der Waals surface area contributed by atoms with Crippen molar-refractivity contribution < 1.29 is 19.5 Å². The first-order valence-corrected chi connectivity index (χ1v) is 7.34. The van der Waals surface area contributed by atoms with Crippen molar-refractivity contribution in [1.29, 1.82) is 0 Å². The highest BCUT2D eigenvalue weighted by atomic mass is 79.9. The number of hydrogen-bond acceptors (Lipinski definition) is 3. The number of rotatable bonds is 4. The first-order valence-electron chi connectivity index (χ1n) is 6.55. The van der Waals surface area contributed by atoms with E-state index in [4.69, 9.17) is 5.11 Å². The van der Waals surface area contributed by atoms with Gasteiger partial charge >= 0.3 is 5.97 Å². The number of nitrogens with one attached hydrogen (secondary N) is 1. The molecule has 21 heavy (non-hydrogen) atoms. The van der Waals surface area contributed by atoms with Crippen LogP contribution in [0.4, 0.5) is 0 Å².